The fourth-order valence-corrected chi connectivity index (χ4v) is 3.89. The zero-order valence-electron chi connectivity index (χ0n) is 17.2. The summed E-state index contributed by atoms with van der Waals surface area (Å²) in [5.74, 6) is 2.41. The summed E-state index contributed by atoms with van der Waals surface area (Å²) in [6.45, 7) is 5.76. The van der Waals surface area contributed by atoms with E-state index in [1.54, 1.807) is 6.20 Å². The first-order chi connectivity index (χ1) is 14.8. The smallest absolute Gasteiger partial charge is 0.232 e. The van der Waals surface area contributed by atoms with E-state index in [1.165, 1.54) is 25.7 Å². The van der Waals surface area contributed by atoms with Crippen LogP contribution in [-0.4, -0.2) is 59.5 Å². The Morgan fingerprint density at radius 2 is 1.70 bits per heavy atom. The minimum atomic E-state index is 0.500. The van der Waals surface area contributed by atoms with Crippen LogP contribution in [0.2, 0.25) is 0 Å². The number of hydrogen-bond acceptors (Lipinski definition) is 7. The molecule has 4 heterocycles. The number of aromatic nitrogens is 3. The molecule has 2 aromatic heterocycles. The van der Waals surface area contributed by atoms with Crippen LogP contribution in [0.25, 0.3) is 0 Å². The first-order valence-electron chi connectivity index (χ1n) is 10.7. The molecule has 9 heteroatoms. The molecule has 0 amide bonds. The molecule has 2 saturated heterocycles. The molecule has 4 rings (SSSR count). The van der Waals surface area contributed by atoms with E-state index in [0.717, 1.165) is 56.6 Å². The van der Waals surface area contributed by atoms with Crippen molar-refractivity contribution in [1.82, 2.24) is 20.3 Å². The van der Waals surface area contributed by atoms with Crippen LogP contribution in [0.1, 0.15) is 31.2 Å². The normalized spacial score (nSPS) is 17.3. The van der Waals surface area contributed by atoms with Crippen molar-refractivity contribution in [3.05, 3.63) is 36.2 Å². The third kappa shape index (κ3) is 5.76. The van der Waals surface area contributed by atoms with E-state index >= 15 is 0 Å². The second kappa shape index (κ2) is 10.5. The van der Waals surface area contributed by atoms with Gasteiger partial charge in [-0.15, -0.1) is 0 Å². The predicted octanol–water partition coefficient (Wildman–Crippen LogP) is 2.58. The lowest BCUT2D eigenvalue weighted by Crippen LogP contribution is -2.37. The van der Waals surface area contributed by atoms with Crippen LogP contribution in [-0.2, 0) is 11.3 Å². The molecule has 0 unspecified atom stereocenters. The summed E-state index contributed by atoms with van der Waals surface area (Å²) in [6.07, 6.45) is 8.55. The summed E-state index contributed by atoms with van der Waals surface area (Å²) < 4.78 is 5.51. The first kappa shape index (κ1) is 20.7. The molecule has 30 heavy (non-hydrogen) atoms. The molecule has 0 bridgehead atoms. The van der Waals surface area contributed by atoms with Crippen molar-refractivity contribution in [2.45, 2.75) is 32.2 Å². The maximum absolute atomic E-state index is 5.51. The van der Waals surface area contributed by atoms with Crippen LogP contribution in [0.15, 0.2) is 30.6 Å². The fraction of sp³-hybridized carbons (Fsp3) is 0.524. The zero-order chi connectivity index (χ0) is 20.6. The number of thiocarbonyl (C=S) groups is 1. The van der Waals surface area contributed by atoms with E-state index in [0.29, 0.717) is 17.6 Å². The number of ether oxygens (including phenoxy) is 1. The topological polar surface area (TPSA) is 78.4 Å². The van der Waals surface area contributed by atoms with Gasteiger partial charge >= 0.3 is 0 Å². The maximum atomic E-state index is 5.51. The van der Waals surface area contributed by atoms with E-state index in [9.17, 15) is 0 Å². The Morgan fingerprint density at radius 3 is 2.37 bits per heavy atom. The van der Waals surface area contributed by atoms with Crippen molar-refractivity contribution in [3.8, 4) is 0 Å². The molecule has 0 aliphatic carbocycles. The lowest BCUT2D eigenvalue weighted by Gasteiger charge is -2.29. The van der Waals surface area contributed by atoms with Gasteiger partial charge in [-0.1, -0.05) is 18.9 Å². The average Bonchev–Trinajstić information content (AvgIpc) is 3.09. The molecule has 2 aliphatic rings. The highest BCUT2D eigenvalue weighted by Gasteiger charge is 2.19. The number of morpholine rings is 1. The maximum Gasteiger partial charge on any atom is 0.232 e. The van der Waals surface area contributed by atoms with Gasteiger partial charge in [0.15, 0.2) is 5.11 Å². The Balaban J connectivity index is 1.49. The van der Waals surface area contributed by atoms with Crippen molar-refractivity contribution < 1.29 is 4.74 Å². The van der Waals surface area contributed by atoms with E-state index in [1.807, 2.05) is 18.3 Å². The number of nitrogens with one attached hydrogen (secondary N) is 2. The van der Waals surface area contributed by atoms with Gasteiger partial charge in [-0.2, -0.15) is 9.97 Å². The van der Waals surface area contributed by atoms with Gasteiger partial charge in [0.2, 0.25) is 5.95 Å². The minimum Gasteiger partial charge on any atom is -0.378 e. The number of anilines is 3. The number of nitrogens with zero attached hydrogens (tertiary/aromatic N) is 5. The summed E-state index contributed by atoms with van der Waals surface area (Å²) in [5, 5.41) is 6.89. The van der Waals surface area contributed by atoms with E-state index in [2.05, 4.69) is 31.5 Å². The van der Waals surface area contributed by atoms with Crippen molar-refractivity contribution in [2.24, 2.45) is 0 Å². The molecule has 8 nitrogen and oxygen atoms in total. The fourth-order valence-electron chi connectivity index (χ4n) is 3.72. The highest BCUT2D eigenvalue weighted by Crippen LogP contribution is 2.24. The van der Waals surface area contributed by atoms with E-state index in [4.69, 9.17) is 26.9 Å². The summed E-state index contributed by atoms with van der Waals surface area (Å²) in [5.41, 5.74) is 1.06. The second-order valence-corrected chi connectivity index (χ2v) is 7.99. The van der Waals surface area contributed by atoms with Gasteiger partial charge < -0.3 is 25.2 Å². The molecule has 2 aliphatic heterocycles. The van der Waals surface area contributed by atoms with Crippen LogP contribution < -0.4 is 20.4 Å². The van der Waals surface area contributed by atoms with Gasteiger partial charge in [-0.05, 0) is 36.7 Å². The average molecular weight is 428 g/mol. The van der Waals surface area contributed by atoms with Crippen molar-refractivity contribution in [1.29, 1.82) is 0 Å². The Hall–Kier alpha value is -2.52. The van der Waals surface area contributed by atoms with Crippen molar-refractivity contribution >= 4 is 34.9 Å². The van der Waals surface area contributed by atoms with Gasteiger partial charge in [-0.3, -0.25) is 4.98 Å². The van der Waals surface area contributed by atoms with Gasteiger partial charge in [0.05, 0.1) is 13.2 Å². The van der Waals surface area contributed by atoms with Crippen LogP contribution in [0.3, 0.4) is 0 Å². The Kier molecular flexibility index (Phi) is 7.25. The molecule has 2 fully saturated rings. The molecule has 2 N–H and O–H groups in total. The lowest BCUT2D eigenvalue weighted by molar-refractivity contribution is 0.122. The third-order valence-electron chi connectivity index (χ3n) is 5.37. The molecule has 160 valence electrons. The largest absolute Gasteiger partial charge is 0.378 e. The van der Waals surface area contributed by atoms with E-state index in [-0.39, 0.29) is 0 Å². The summed E-state index contributed by atoms with van der Waals surface area (Å²) in [4.78, 5) is 18.3. The Morgan fingerprint density at radius 1 is 1.00 bits per heavy atom. The number of hydrogen-bond donors (Lipinski definition) is 2. The lowest BCUT2D eigenvalue weighted by atomic mass is 10.2. The van der Waals surface area contributed by atoms with Crippen molar-refractivity contribution in [2.75, 3.05) is 54.5 Å². The standard InChI is InChI=1S/C21H29N7OS/c30-21(23-16-17-6-5-7-22-15-17)26-20-24-18(27-8-3-1-2-4-9-27)14-19(25-20)28-10-12-29-13-11-28/h5-7,14-15H,1-4,8-13,16H2,(H2,23,24,25,26,30). The van der Waals surface area contributed by atoms with Crippen molar-refractivity contribution in [3.63, 3.8) is 0 Å². The molecule has 2 aromatic rings. The Bertz CT molecular complexity index is 821. The van der Waals surface area contributed by atoms with Gasteiger partial charge in [0.25, 0.3) is 0 Å². The molecule has 0 saturated carbocycles. The summed E-state index contributed by atoms with van der Waals surface area (Å²) in [6, 6.07) is 6.03. The summed E-state index contributed by atoms with van der Waals surface area (Å²) in [7, 11) is 0. The molecule has 0 spiro atoms. The molecule has 0 radical (unpaired) electrons. The quantitative estimate of drug-likeness (QED) is 0.700. The summed E-state index contributed by atoms with van der Waals surface area (Å²) >= 11 is 5.49. The molecule has 0 aromatic carbocycles. The molecular weight excluding hydrogens is 398 g/mol. The first-order valence-corrected chi connectivity index (χ1v) is 11.1. The van der Waals surface area contributed by atoms with E-state index < -0.39 is 0 Å². The highest BCUT2D eigenvalue weighted by atomic mass is 32.1. The van der Waals surface area contributed by atoms with Crippen LogP contribution in [0, 0.1) is 0 Å². The number of pyridine rings is 1. The SMILES string of the molecule is S=C(NCc1cccnc1)Nc1nc(N2CCCCCC2)cc(N2CCOCC2)n1. The monoisotopic (exact) mass is 427 g/mol. The van der Waals surface area contributed by atoms with Gasteiger partial charge in [0.1, 0.15) is 11.6 Å². The Labute approximate surface area is 183 Å². The third-order valence-corrected chi connectivity index (χ3v) is 5.61. The zero-order valence-corrected chi connectivity index (χ0v) is 18.0. The highest BCUT2D eigenvalue weighted by molar-refractivity contribution is 7.80. The second-order valence-electron chi connectivity index (χ2n) is 7.58. The molecular formula is C21H29N7OS. The molecule has 0 atom stereocenters. The van der Waals surface area contributed by atoms with Crippen LogP contribution in [0.5, 0.6) is 0 Å². The van der Waals surface area contributed by atoms with Crippen LogP contribution >= 0.6 is 12.2 Å². The van der Waals surface area contributed by atoms with Gasteiger partial charge in [0, 0.05) is 51.2 Å². The predicted molar refractivity (Wildman–Crippen MR) is 123 cm³/mol. The van der Waals surface area contributed by atoms with Gasteiger partial charge in [-0.25, -0.2) is 0 Å². The van der Waals surface area contributed by atoms with Crippen LogP contribution in [0.4, 0.5) is 17.6 Å². The minimum absolute atomic E-state index is 0.500. The number of rotatable bonds is 5.